The van der Waals surface area contributed by atoms with E-state index in [-0.39, 0.29) is 13.0 Å². The number of carbonyl (C=O) groups is 1. The summed E-state index contributed by atoms with van der Waals surface area (Å²) < 4.78 is 38.7. The summed E-state index contributed by atoms with van der Waals surface area (Å²) in [4.78, 5) is 10.9. The molecule has 0 aromatic rings. The highest BCUT2D eigenvalue weighted by Crippen LogP contribution is 2.15. The van der Waals surface area contributed by atoms with E-state index in [0.29, 0.717) is 20.0 Å². The number of alkyl halides is 2. The Kier molecular flexibility index (Phi) is 7.16. The van der Waals surface area contributed by atoms with Crippen LogP contribution in [-0.4, -0.2) is 38.5 Å². The van der Waals surface area contributed by atoms with Crippen LogP contribution in [0.15, 0.2) is 0 Å². The Labute approximate surface area is 93.9 Å². The first kappa shape index (κ1) is 15.2. The SMILES string of the molecule is CCOC(CCC(=O)OC)COC(C)(F)F. The number of rotatable bonds is 8. The highest BCUT2D eigenvalue weighted by Gasteiger charge is 2.24. The van der Waals surface area contributed by atoms with Crippen LogP contribution in [-0.2, 0) is 19.0 Å². The lowest BCUT2D eigenvalue weighted by Gasteiger charge is -2.19. The molecule has 0 N–H and O–H groups in total. The molecule has 1 unspecified atom stereocenters. The first-order valence-corrected chi connectivity index (χ1v) is 5.09. The van der Waals surface area contributed by atoms with Gasteiger partial charge in [-0.3, -0.25) is 4.79 Å². The quantitative estimate of drug-likeness (QED) is 0.608. The van der Waals surface area contributed by atoms with Gasteiger partial charge in [-0.25, -0.2) is 0 Å². The summed E-state index contributed by atoms with van der Waals surface area (Å²) in [5.74, 6) is -0.395. The maximum atomic E-state index is 12.4. The van der Waals surface area contributed by atoms with Crippen molar-refractivity contribution in [3.63, 3.8) is 0 Å². The second-order valence-corrected chi connectivity index (χ2v) is 3.31. The Bertz CT molecular complexity index is 203. The molecule has 4 nitrogen and oxygen atoms in total. The highest BCUT2D eigenvalue weighted by atomic mass is 19.3. The molecule has 0 saturated heterocycles. The van der Waals surface area contributed by atoms with Crippen molar-refractivity contribution in [3.8, 4) is 0 Å². The van der Waals surface area contributed by atoms with Crippen LogP contribution in [0, 0.1) is 0 Å². The lowest BCUT2D eigenvalue weighted by molar-refractivity contribution is -0.238. The summed E-state index contributed by atoms with van der Waals surface area (Å²) in [5, 5.41) is 0. The number of hydrogen-bond acceptors (Lipinski definition) is 4. The van der Waals surface area contributed by atoms with E-state index in [1.165, 1.54) is 7.11 Å². The van der Waals surface area contributed by atoms with Crippen molar-refractivity contribution in [3.05, 3.63) is 0 Å². The van der Waals surface area contributed by atoms with Gasteiger partial charge in [0, 0.05) is 20.0 Å². The van der Waals surface area contributed by atoms with Crippen molar-refractivity contribution in [1.82, 2.24) is 0 Å². The number of carbonyl (C=O) groups excluding carboxylic acids is 1. The molecule has 0 spiro atoms. The van der Waals surface area contributed by atoms with Gasteiger partial charge in [-0.05, 0) is 13.3 Å². The second kappa shape index (κ2) is 7.51. The Balaban J connectivity index is 3.92. The van der Waals surface area contributed by atoms with Crippen LogP contribution < -0.4 is 0 Å². The zero-order valence-corrected chi connectivity index (χ0v) is 9.79. The highest BCUT2D eigenvalue weighted by molar-refractivity contribution is 5.69. The molecule has 0 amide bonds. The Morgan fingerprint density at radius 1 is 1.44 bits per heavy atom. The number of halogens is 2. The number of ether oxygens (including phenoxy) is 3. The predicted octanol–water partition coefficient (Wildman–Crippen LogP) is 1.97. The average molecular weight is 240 g/mol. The van der Waals surface area contributed by atoms with E-state index in [9.17, 15) is 13.6 Å². The normalized spacial score (nSPS) is 13.6. The van der Waals surface area contributed by atoms with E-state index in [4.69, 9.17) is 4.74 Å². The largest absolute Gasteiger partial charge is 0.469 e. The van der Waals surface area contributed by atoms with Crippen LogP contribution in [0.1, 0.15) is 26.7 Å². The van der Waals surface area contributed by atoms with E-state index in [2.05, 4.69) is 9.47 Å². The molecule has 0 aliphatic rings. The van der Waals surface area contributed by atoms with Crippen molar-refractivity contribution >= 4 is 5.97 Å². The molecule has 0 bridgehead atoms. The zero-order chi connectivity index (χ0) is 12.6. The van der Waals surface area contributed by atoms with Gasteiger partial charge >= 0.3 is 12.1 Å². The van der Waals surface area contributed by atoms with Crippen LogP contribution >= 0.6 is 0 Å². The first-order chi connectivity index (χ1) is 7.39. The van der Waals surface area contributed by atoms with Crippen molar-refractivity contribution in [2.45, 2.75) is 38.9 Å². The lowest BCUT2D eigenvalue weighted by atomic mass is 10.2. The van der Waals surface area contributed by atoms with Gasteiger partial charge in [-0.2, -0.15) is 8.78 Å². The van der Waals surface area contributed by atoms with E-state index in [0.717, 1.165) is 0 Å². The van der Waals surface area contributed by atoms with E-state index < -0.39 is 18.2 Å². The van der Waals surface area contributed by atoms with Crippen molar-refractivity contribution in [2.24, 2.45) is 0 Å². The van der Waals surface area contributed by atoms with Gasteiger partial charge in [0.15, 0.2) is 0 Å². The molecule has 6 heteroatoms. The summed E-state index contributed by atoms with van der Waals surface area (Å²) >= 11 is 0. The molecule has 0 fully saturated rings. The molecule has 0 aromatic heterocycles. The summed E-state index contributed by atoms with van der Waals surface area (Å²) in [6, 6.07) is 0. The molecule has 0 saturated carbocycles. The van der Waals surface area contributed by atoms with Crippen LogP contribution in [0.25, 0.3) is 0 Å². The summed E-state index contributed by atoms with van der Waals surface area (Å²) in [6.07, 6.45) is -3.27. The molecule has 96 valence electrons. The molecule has 0 aliphatic carbocycles. The topological polar surface area (TPSA) is 44.8 Å². The zero-order valence-electron chi connectivity index (χ0n) is 9.79. The third-order valence-electron chi connectivity index (χ3n) is 1.82. The van der Waals surface area contributed by atoms with Crippen LogP contribution in [0.5, 0.6) is 0 Å². The number of methoxy groups -OCH3 is 1. The number of hydrogen-bond donors (Lipinski definition) is 0. The fraction of sp³-hybridized carbons (Fsp3) is 0.900. The summed E-state index contributed by atoms with van der Waals surface area (Å²) in [5.41, 5.74) is 0. The second-order valence-electron chi connectivity index (χ2n) is 3.31. The monoisotopic (exact) mass is 240 g/mol. The smallest absolute Gasteiger partial charge is 0.353 e. The molecule has 0 aromatic carbocycles. The van der Waals surface area contributed by atoms with Crippen molar-refractivity contribution in [2.75, 3.05) is 20.3 Å². The minimum atomic E-state index is -3.18. The molecular formula is C10H18F2O4. The minimum Gasteiger partial charge on any atom is -0.469 e. The maximum Gasteiger partial charge on any atom is 0.353 e. The fourth-order valence-electron chi connectivity index (χ4n) is 1.07. The van der Waals surface area contributed by atoms with Crippen molar-refractivity contribution < 1.29 is 27.8 Å². The van der Waals surface area contributed by atoms with E-state index in [1.807, 2.05) is 0 Å². The molecule has 16 heavy (non-hydrogen) atoms. The average Bonchev–Trinajstić information content (AvgIpc) is 2.20. The van der Waals surface area contributed by atoms with Crippen LogP contribution in [0.4, 0.5) is 8.78 Å². The first-order valence-electron chi connectivity index (χ1n) is 5.09. The molecular weight excluding hydrogens is 222 g/mol. The van der Waals surface area contributed by atoms with Gasteiger partial charge in [0.2, 0.25) is 0 Å². The van der Waals surface area contributed by atoms with Gasteiger partial charge in [0.25, 0.3) is 0 Å². The summed E-state index contributed by atoms with van der Waals surface area (Å²) in [7, 11) is 1.27. The van der Waals surface area contributed by atoms with Crippen LogP contribution in [0.2, 0.25) is 0 Å². The minimum absolute atomic E-state index is 0.125. The third-order valence-corrected chi connectivity index (χ3v) is 1.82. The Morgan fingerprint density at radius 2 is 2.06 bits per heavy atom. The molecule has 0 heterocycles. The molecule has 0 aliphatic heterocycles. The Morgan fingerprint density at radius 3 is 2.50 bits per heavy atom. The molecule has 1 atom stereocenters. The fourth-order valence-corrected chi connectivity index (χ4v) is 1.07. The Hall–Kier alpha value is -0.750. The third kappa shape index (κ3) is 8.55. The standard InChI is InChI=1S/C10H18F2O4/c1-4-15-8(5-6-9(13)14-3)7-16-10(2,11)12/h8H,4-7H2,1-3H3. The van der Waals surface area contributed by atoms with Crippen LogP contribution in [0.3, 0.4) is 0 Å². The van der Waals surface area contributed by atoms with Gasteiger partial charge in [0.1, 0.15) is 0 Å². The van der Waals surface area contributed by atoms with Gasteiger partial charge in [0.05, 0.1) is 19.8 Å². The number of esters is 1. The maximum absolute atomic E-state index is 12.4. The van der Waals surface area contributed by atoms with Gasteiger partial charge < -0.3 is 14.2 Å². The van der Waals surface area contributed by atoms with E-state index in [1.54, 1.807) is 6.92 Å². The van der Waals surface area contributed by atoms with E-state index >= 15 is 0 Å². The van der Waals surface area contributed by atoms with Crippen molar-refractivity contribution in [1.29, 1.82) is 0 Å². The molecule has 0 radical (unpaired) electrons. The van der Waals surface area contributed by atoms with Gasteiger partial charge in [-0.1, -0.05) is 0 Å². The lowest BCUT2D eigenvalue weighted by Crippen LogP contribution is -2.27. The van der Waals surface area contributed by atoms with Gasteiger partial charge in [-0.15, -0.1) is 0 Å². The molecule has 0 rings (SSSR count). The summed E-state index contributed by atoms with van der Waals surface area (Å²) in [6.45, 7) is 2.55. The predicted molar refractivity (Wildman–Crippen MR) is 53.2 cm³/mol.